The number of nitrogens with zero attached hydrogens (tertiary/aromatic N) is 3. The number of hydrogen-bond acceptors (Lipinski definition) is 8. The Kier molecular flexibility index (Phi) is 5.67. The lowest BCUT2D eigenvalue weighted by molar-refractivity contribution is 0.0597. The molecule has 0 saturated carbocycles. The van der Waals surface area contributed by atoms with Gasteiger partial charge in [0.15, 0.2) is 17.5 Å². The normalized spacial score (nSPS) is 10.6. The molecule has 0 atom stereocenters. The maximum atomic E-state index is 12.0. The molecule has 3 aromatic carbocycles. The predicted molar refractivity (Wildman–Crippen MR) is 117 cm³/mol. The van der Waals surface area contributed by atoms with E-state index in [0.717, 1.165) is 0 Å². The van der Waals surface area contributed by atoms with E-state index in [4.69, 9.17) is 9.47 Å². The van der Waals surface area contributed by atoms with Gasteiger partial charge in [-0.25, -0.2) is 19.7 Å². The van der Waals surface area contributed by atoms with Crippen molar-refractivity contribution in [2.24, 2.45) is 0 Å². The van der Waals surface area contributed by atoms with Crippen molar-refractivity contribution in [3.8, 4) is 51.4 Å². The summed E-state index contributed by atoms with van der Waals surface area (Å²) in [6.45, 7) is 0. The third kappa shape index (κ3) is 3.93. The number of aromatic hydroxyl groups is 2. The summed E-state index contributed by atoms with van der Waals surface area (Å²) in [6, 6.07) is 18.2. The van der Waals surface area contributed by atoms with Crippen molar-refractivity contribution < 1.29 is 24.5 Å². The van der Waals surface area contributed by atoms with Crippen LogP contribution in [0.15, 0.2) is 66.7 Å². The van der Waals surface area contributed by atoms with Crippen LogP contribution in [0.1, 0.15) is 10.4 Å². The van der Waals surface area contributed by atoms with Crippen LogP contribution in [0, 0.1) is 0 Å². The lowest BCUT2D eigenvalue weighted by Gasteiger charge is -2.12. The molecule has 0 unspecified atom stereocenters. The fourth-order valence-electron chi connectivity index (χ4n) is 3.18. The number of phenolic OH excluding ortho intramolecular Hbond substituents is 2. The van der Waals surface area contributed by atoms with E-state index in [-0.39, 0.29) is 34.5 Å². The minimum absolute atomic E-state index is 0.00602. The maximum absolute atomic E-state index is 12.0. The van der Waals surface area contributed by atoms with Crippen molar-refractivity contribution in [1.29, 1.82) is 0 Å². The van der Waals surface area contributed by atoms with E-state index in [1.165, 1.54) is 26.4 Å². The molecule has 0 radical (unpaired) electrons. The van der Waals surface area contributed by atoms with E-state index >= 15 is 0 Å². The number of carbonyl (C=O) groups is 1. The van der Waals surface area contributed by atoms with Gasteiger partial charge in [0.2, 0.25) is 0 Å². The standard InChI is InChI=1S/C24H19N3O5/c1-31-20-13-14(11-12-17(20)24(30)32-2)21-25-22(15-7-3-5-9-18(15)28)27-23(26-21)16-8-4-6-10-19(16)29/h3-13,28-29H,1-2H3. The van der Waals surface area contributed by atoms with Crippen LogP contribution >= 0.6 is 0 Å². The largest absolute Gasteiger partial charge is 0.507 e. The predicted octanol–water partition coefficient (Wildman–Crippen LogP) is 4.08. The summed E-state index contributed by atoms with van der Waals surface area (Å²) in [6.07, 6.45) is 0. The Hall–Kier alpha value is -4.46. The number of para-hydroxylation sites is 2. The monoisotopic (exact) mass is 429 g/mol. The summed E-state index contributed by atoms with van der Waals surface area (Å²) in [5.74, 6) is 0.491. The molecule has 4 rings (SSSR count). The maximum Gasteiger partial charge on any atom is 0.341 e. The van der Waals surface area contributed by atoms with Crippen LogP contribution in [0.2, 0.25) is 0 Å². The van der Waals surface area contributed by atoms with E-state index in [2.05, 4.69) is 15.0 Å². The molecular formula is C24H19N3O5. The molecule has 32 heavy (non-hydrogen) atoms. The van der Waals surface area contributed by atoms with Gasteiger partial charge in [0.1, 0.15) is 22.8 Å². The molecule has 0 amide bonds. The zero-order chi connectivity index (χ0) is 22.7. The molecule has 0 aliphatic heterocycles. The minimum atomic E-state index is -0.533. The first-order valence-corrected chi connectivity index (χ1v) is 9.61. The summed E-state index contributed by atoms with van der Waals surface area (Å²) in [4.78, 5) is 25.5. The number of hydrogen-bond donors (Lipinski definition) is 2. The first-order chi connectivity index (χ1) is 15.5. The van der Waals surface area contributed by atoms with E-state index in [0.29, 0.717) is 22.4 Å². The topological polar surface area (TPSA) is 115 Å². The number of carbonyl (C=O) groups excluding carboxylic acids is 1. The van der Waals surface area contributed by atoms with Crippen LogP contribution in [0.25, 0.3) is 34.2 Å². The van der Waals surface area contributed by atoms with Crippen molar-refractivity contribution in [1.82, 2.24) is 15.0 Å². The van der Waals surface area contributed by atoms with Gasteiger partial charge < -0.3 is 19.7 Å². The van der Waals surface area contributed by atoms with E-state index in [9.17, 15) is 15.0 Å². The summed E-state index contributed by atoms with van der Waals surface area (Å²) in [7, 11) is 2.73. The molecule has 160 valence electrons. The lowest BCUT2D eigenvalue weighted by Crippen LogP contribution is -2.05. The van der Waals surface area contributed by atoms with Crippen molar-refractivity contribution in [2.75, 3.05) is 14.2 Å². The van der Waals surface area contributed by atoms with E-state index in [1.54, 1.807) is 54.6 Å². The summed E-state index contributed by atoms with van der Waals surface area (Å²) in [5, 5.41) is 20.7. The van der Waals surface area contributed by atoms with Gasteiger partial charge in [0.25, 0.3) is 0 Å². The smallest absolute Gasteiger partial charge is 0.341 e. The Balaban J connectivity index is 1.93. The summed E-state index contributed by atoms with van der Waals surface area (Å²) < 4.78 is 10.1. The van der Waals surface area contributed by atoms with Gasteiger partial charge in [-0.3, -0.25) is 0 Å². The number of aromatic nitrogens is 3. The average Bonchev–Trinajstić information content (AvgIpc) is 2.83. The molecule has 8 nitrogen and oxygen atoms in total. The molecule has 1 heterocycles. The highest BCUT2D eigenvalue weighted by atomic mass is 16.5. The molecule has 0 bridgehead atoms. The van der Waals surface area contributed by atoms with Gasteiger partial charge in [-0.05, 0) is 36.4 Å². The number of phenols is 2. The highest BCUT2D eigenvalue weighted by Crippen LogP contribution is 2.33. The van der Waals surface area contributed by atoms with Gasteiger partial charge in [-0.2, -0.15) is 0 Å². The van der Waals surface area contributed by atoms with Gasteiger partial charge in [0.05, 0.1) is 25.3 Å². The van der Waals surface area contributed by atoms with Gasteiger partial charge in [-0.1, -0.05) is 30.3 Å². The number of esters is 1. The van der Waals surface area contributed by atoms with Crippen LogP contribution in [-0.4, -0.2) is 45.4 Å². The Morgan fingerprint density at radius 3 is 1.78 bits per heavy atom. The minimum Gasteiger partial charge on any atom is -0.507 e. The van der Waals surface area contributed by atoms with Crippen LogP contribution in [0.4, 0.5) is 0 Å². The van der Waals surface area contributed by atoms with Crippen molar-refractivity contribution in [3.05, 3.63) is 72.3 Å². The second kappa shape index (κ2) is 8.73. The first-order valence-electron chi connectivity index (χ1n) is 9.61. The SMILES string of the molecule is COC(=O)c1ccc(-c2nc(-c3ccccc3O)nc(-c3ccccc3O)n2)cc1OC. The second-order valence-electron chi connectivity index (χ2n) is 6.75. The molecule has 4 aromatic rings. The van der Waals surface area contributed by atoms with Crippen LogP contribution in [0.3, 0.4) is 0 Å². The molecule has 0 aliphatic rings. The molecular weight excluding hydrogens is 410 g/mol. The van der Waals surface area contributed by atoms with Crippen LogP contribution < -0.4 is 4.74 Å². The van der Waals surface area contributed by atoms with E-state index in [1.807, 2.05) is 0 Å². The molecule has 1 aromatic heterocycles. The Morgan fingerprint density at radius 2 is 1.28 bits per heavy atom. The highest BCUT2D eigenvalue weighted by molar-refractivity contribution is 5.93. The Morgan fingerprint density at radius 1 is 0.750 bits per heavy atom. The zero-order valence-corrected chi connectivity index (χ0v) is 17.3. The quantitative estimate of drug-likeness (QED) is 0.456. The lowest BCUT2D eigenvalue weighted by atomic mass is 10.1. The summed E-state index contributed by atoms with van der Waals surface area (Å²) in [5.41, 5.74) is 1.62. The van der Waals surface area contributed by atoms with Gasteiger partial charge in [0, 0.05) is 5.56 Å². The molecule has 2 N–H and O–H groups in total. The third-order valence-corrected chi connectivity index (χ3v) is 4.79. The second-order valence-corrected chi connectivity index (χ2v) is 6.75. The zero-order valence-electron chi connectivity index (χ0n) is 17.3. The van der Waals surface area contributed by atoms with Crippen LogP contribution in [-0.2, 0) is 4.74 Å². The molecule has 0 aliphatic carbocycles. The fourth-order valence-corrected chi connectivity index (χ4v) is 3.18. The first kappa shape index (κ1) is 20.8. The Bertz CT molecular complexity index is 1240. The molecule has 0 saturated heterocycles. The highest BCUT2D eigenvalue weighted by Gasteiger charge is 2.18. The number of benzene rings is 3. The average molecular weight is 429 g/mol. The fraction of sp³-hybridized carbons (Fsp3) is 0.0833. The van der Waals surface area contributed by atoms with E-state index < -0.39 is 5.97 Å². The molecule has 8 heteroatoms. The van der Waals surface area contributed by atoms with Crippen molar-refractivity contribution in [2.45, 2.75) is 0 Å². The van der Waals surface area contributed by atoms with Gasteiger partial charge >= 0.3 is 5.97 Å². The van der Waals surface area contributed by atoms with Crippen LogP contribution in [0.5, 0.6) is 17.2 Å². The van der Waals surface area contributed by atoms with Crippen molar-refractivity contribution in [3.63, 3.8) is 0 Å². The molecule has 0 spiro atoms. The van der Waals surface area contributed by atoms with Gasteiger partial charge in [-0.15, -0.1) is 0 Å². The Labute approximate surface area is 183 Å². The third-order valence-electron chi connectivity index (χ3n) is 4.79. The number of rotatable bonds is 5. The number of methoxy groups -OCH3 is 2. The summed E-state index contributed by atoms with van der Waals surface area (Å²) >= 11 is 0. The molecule has 0 fully saturated rings. The number of ether oxygens (including phenoxy) is 2. The van der Waals surface area contributed by atoms with Crippen molar-refractivity contribution >= 4 is 5.97 Å².